The molecule has 0 aliphatic carbocycles. The molecule has 7 heavy (non-hydrogen) atoms. The molecule has 0 aromatic rings. The van der Waals surface area contributed by atoms with Gasteiger partial charge in [-0.05, 0) is 12.8 Å². The van der Waals surface area contributed by atoms with E-state index in [0.717, 1.165) is 0 Å². The summed E-state index contributed by atoms with van der Waals surface area (Å²) >= 11 is 4.23. The van der Waals surface area contributed by atoms with Crippen LogP contribution in [0.5, 0.6) is 0 Å². The van der Waals surface area contributed by atoms with Gasteiger partial charge in [-0.25, -0.2) is 0 Å². The van der Waals surface area contributed by atoms with Crippen molar-refractivity contribution in [2.75, 3.05) is 0 Å². The molecule has 0 aliphatic rings. The van der Waals surface area contributed by atoms with Crippen molar-refractivity contribution < 1.29 is 0 Å². The third-order valence-corrected chi connectivity index (χ3v) is 1.67. The molecule has 0 aromatic heterocycles. The Kier molecular flexibility index (Phi) is 11.7. The summed E-state index contributed by atoms with van der Waals surface area (Å²) in [6.07, 6.45) is 2.39. The zero-order valence-corrected chi connectivity index (χ0v) is 5.33. The molecule has 0 rings (SSSR count). The van der Waals surface area contributed by atoms with E-state index in [1.807, 2.05) is 0 Å². The van der Waals surface area contributed by atoms with E-state index < -0.39 is 0 Å². The Bertz CT molecular complexity index is 27.3. The zero-order chi connectivity index (χ0) is 4.99. The van der Waals surface area contributed by atoms with Crippen molar-refractivity contribution in [2.45, 2.75) is 31.9 Å². The number of rotatable bonds is 2. The summed E-state index contributed by atoms with van der Waals surface area (Å²) in [4.78, 5) is 0. The topological polar surface area (TPSA) is 0 Å². The second-order valence-corrected chi connectivity index (χ2v) is 2.20. The molecule has 0 fully saturated rings. The Labute approximate surface area is 73.8 Å². The molecule has 0 aliphatic heterocycles. The molecule has 0 spiro atoms. The van der Waals surface area contributed by atoms with E-state index in [0.29, 0.717) is 5.25 Å². The maximum absolute atomic E-state index is 4.23. The summed E-state index contributed by atoms with van der Waals surface area (Å²) in [6.45, 7) is 4.31. The van der Waals surface area contributed by atoms with Crippen molar-refractivity contribution in [3.05, 3.63) is 0 Å². The molecule has 0 saturated heterocycles. The molecule has 0 heterocycles. The van der Waals surface area contributed by atoms with Crippen LogP contribution in [0.1, 0.15) is 26.7 Å². The molecule has 0 bridgehead atoms. The number of hydrogen-bond acceptors (Lipinski definition) is 1. The molecule has 2 heteroatoms. The van der Waals surface area contributed by atoms with E-state index in [1.165, 1.54) is 12.8 Å². The summed E-state index contributed by atoms with van der Waals surface area (Å²) in [5.74, 6) is 0. The fourth-order valence-electron chi connectivity index (χ4n) is 0.289. The van der Waals surface area contributed by atoms with Gasteiger partial charge in [0.2, 0.25) is 0 Å². The van der Waals surface area contributed by atoms with E-state index in [2.05, 4.69) is 26.5 Å². The van der Waals surface area contributed by atoms with Gasteiger partial charge >= 0.3 is 29.6 Å². The van der Waals surface area contributed by atoms with Crippen LogP contribution in [0.3, 0.4) is 0 Å². The van der Waals surface area contributed by atoms with Gasteiger partial charge in [-0.1, -0.05) is 13.8 Å². The molecule has 0 amide bonds. The summed E-state index contributed by atoms with van der Waals surface area (Å²) in [6, 6.07) is 0. The Hall–Kier alpha value is 1.35. The van der Waals surface area contributed by atoms with Gasteiger partial charge in [-0.15, -0.1) is 0 Å². The summed E-state index contributed by atoms with van der Waals surface area (Å²) in [5.41, 5.74) is 0. The van der Waals surface area contributed by atoms with Crippen LogP contribution >= 0.6 is 12.6 Å². The van der Waals surface area contributed by atoms with E-state index in [1.54, 1.807) is 0 Å². The predicted molar refractivity (Wildman–Crippen MR) is 40.5 cm³/mol. The van der Waals surface area contributed by atoms with Gasteiger partial charge in [0.25, 0.3) is 0 Å². The molecule has 0 unspecified atom stereocenters. The molecule has 40 valence electrons. The van der Waals surface area contributed by atoms with Crippen LogP contribution in [0.2, 0.25) is 0 Å². The third kappa shape index (κ3) is 7.35. The fraction of sp³-hybridized carbons (Fsp3) is 1.00. The van der Waals surface area contributed by atoms with Crippen LogP contribution in [0, 0.1) is 0 Å². The van der Waals surface area contributed by atoms with Crippen molar-refractivity contribution in [1.29, 1.82) is 0 Å². The first kappa shape index (κ1) is 11.2. The van der Waals surface area contributed by atoms with Crippen molar-refractivity contribution in [2.24, 2.45) is 0 Å². The Morgan fingerprint density at radius 3 is 1.57 bits per heavy atom. The molecule has 0 aromatic carbocycles. The summed E-state index contributed by atoms with van der Waals surface area (Å²) in [5, 5.41) is 0.630. The average Bonchev–Trinajstić information content (AvgIpc) is 1.65. The summed E-state index contributed by atoms with van der Waals surface area (Å²) < 4.78 is 0. The zero-order valence-electron chi connectivity index (χ0n) is 4.44. The monoisotopic (exact) mass is 128 g/mol. The SMILES string of the molecule is CCC(S)CC.[NaH]. The van der Waals surface area contributed by atoms with Gasteiger partial charge in [0, 0.05) is 5.25 Å². The fourth-order valence-corrected chi connectivity index (χ4v) is 0.289. The van der Waals surface area contributed by atoms with E-state index >= 15 is 0 Å². The molecule has 0 radical (unpaired) electrons. The van der Waals surface area contributed by atoms with Crippen LogP contribution in [0.25, 0.3) is 0 Å². The molecular weight excluding hydrogens is 115 g/mol. The van der Waals surface area contributed by atoms with Gasteiger partial charge in [0.1, 0.15) is 0 Å². The van der Waals surface area contributed by atoms with Crippen molar-refractivity contribution in [1.82, 2.24) is 0 Å². The Balaban J connectivity index is 0. The maximum atomic E-state index is 4.23. The minimum atomic E-state index is 0. The Morgan fingerprint density at radius 2 is 1.57 bits per heavy atom. The van der Waals surface area contributed by atoms with Gasteiger partial charge in [-0.3, -0.25) is 0 Å². The first-order chi connectivity index (χ1) is 2.81. The van der Waals surface area contributed by atoms with E-state index in [9.17, 15) is 0 Å². The Morgan fingerprint density at radius 1 is 1.29 bits per heavy atom. The van der Waals surface area contributed by atoms with Crippen molar-refractivity contribution in [3.63, 3.8) is 0 Å². The quantitative estimate of drug-likeness (QED) is 0.422. The van der Waals surface area contributed by atoms with Gasteiger partial charge < -0.3 is 0 Å². The van der Waals surface area contributed by atoms with Gasteiger partial charge in [0.15, 0.2) is 0 Å². The third-order valence-electron chi connectivity index (χ3n) is 0.942. The normalized spacial score (nSPS) is 8.57. The standard InChI is InChI=1S/C5H12S.Na.H/c1-3-5(6)4-2;;/h5-6H,3-4H2,1-2H3;;. The minimum absolute atomic E-state index is 0. The molecule has 0 N–H and O–H groups in total. The summed E-state index contributed by atoms with van der Waals surface area (Å²) in [7, 11) is 0. The molecular formula is C5H13NaS. The van der Waals surface area contributed by atoms with Crippen LogP contribution in [0.15, 0.2) is 0 Å². The van der Waals surface area contributed by atoms with E-state index in [-0.39, 0.29) is 29.6 Å². The number of thiol groups is 1. The first-order valence-corrected chi connectivity index (χ1v) is 3.01. The average molecular weight is 128 g/mol. The van der Waals surface area contributed by atoms with Crippen LogP contribution in [-0.2, 0) is 0 Å². The molecule has 0 nitrogen and oxygen atoms in total. The first-order valence-electron chi connectivity index (χ1n) is 2.49. The van der Waals surface area contributed by atoms with E-state index in [4.69, 9.17) is 0 Å². The second-order valence-electron chi connectivity index (χ2n) is 1.47. The van der Waals surface area contributed by atoms with Crippen LogP contribution in [0.4, 0.5) is 0 Å². The van der Waals surface area contributed by atoms with Crippen LogP contribution < -0.4 is 0 Å². The molecule has 0 atom stereocenters. The van der Waals surface area contributed by atoms with Crippen molar-refractivity contribution >= 4 is 42.2 Å². The van der Waals surface area contributed by atoms with Crippen molar-refractivity contribution in [3.8, 4) is 0 Å². The number of hydrogen-bond donors (Lipinski definition) is 1. The predicted octanol–water partition coefficient (Wildman–Crippen LogP) is 1.46. The van der Waals surface area contributed by atoms with Gasteiger partial charge in [-0.2, -0.15) is 12.6 Å². The van der Waals surface area contributed by atoms with Gasteiger partial charge in [0.05, 0.1) is 0 Å². The van der Waals surface area contributed by atoms with Crippen LogP contribution in [-0.4, -0.2) is 34.8 Å². The second kappa shape index (κ2) is 7.35. The molecule has 0 saturated carbocycles.